The monoisotopic (exact) mass is 750 g/mol. The Morgan fingerprint density at radius 2 is 1.50 bits per heavy atom. The highest BCUT2D eigenvalue weighted by Gasteiger charge is 2.51. The second-order valence-corrected chi connectivity index (χ2v) is 17.4. The number of Topliss-reactive ketones (excluding diaryl/α,β-unsaturated/α-hetero) is 2. The lowest BCUT2D eigenvalue weighted by Gasteiger charge is -2.40. The maximum Gasteiger partial charge on any atom is 0.289 e. The van der Waals surface area contributed by atoms with Gasteiger partial charge in [0.15, 0.2) is 5.78 Å². The zero-order valence-electron chi connectivity index (χ0n) is 33.3. The van der Waals surface area contributed by atoms with Crippen molar-refractivity contribution in [3.05, 3.63) is 22.5 Å². The molecule has 3 aliphatic carbocycles. The van der Waals surface area contributed by atoms with E-state index in [1.165, 1.54) is 6.92 Å². The quantitative estimate of drug-likeness (QED) is 0.138. The van der Waals surface area contributed by atoms with Crippen molar-refractivity contribution in [3.63, 3.8) is 0 Å². The molecule has 3 saturated carbocycles. The van der Waals surface area contributed by atoms with E-state index in [0.29, 0.717) is 36.1 Å². The molecule has 13 heteroatoms. The number of nitrogens with zero attached hydrogens (tertiary/aromatic N) is 1. The summed E-state index contributed by atoms with van der Waals surface area (Å²) < 4.78 is 0. The van der Waals surface area contributed by atoms with Gasteiger partial charge in [0.05, 0.1) is 11.6 Å². The molecule has 1 aromatic rings. The minimum atomic E-state index is -1.04. The first-order chi connectivity index (χ1) is 25.5. The van der Waals surface area contributed by atoms with E-state index >= 15 is 0 Å². The summed E-state index contributed by atoms with van der Waals surface area (Å²) in [6.45, 7) is 12.5. The fraction of sp³-hybridized carbons (Fsp3) is 0.732. The second kappa shape index (κ2) is 17.2. The second-order valence-electron chi connectivity index (χ2n) is 17.4. The summed E-state index contributed by atoms with van der Waals surface area (Å²) >= 11 is 0. The third-order valence-corrected chi connectivity index (χ3v) is 12.2. The predicted octanol–water partition coefficient (Wildman–Crippen LogP) is 4.34. The summed E-state index contributed by atoms with van der Waals surface area (Å²) in [7, 11) is 0. The standard InChI is InChI=1S/C41H62N6O7/c1-8-14-28(34(49)39(53)43-27-19-20-27)44-36(50)30-21-26-17-12-13-18-29(26)47(30)40(54)35(41(5,6)7)46-37(51)32(25-15-10-9-11-16-25)45-38(52)33-31(24(4)48)22(2)23(3)42-33/h25-30,32,35,42H,8-21H2,1-7H3,(H,43,53)(H,44,50)(H,45,52)(H,46,51)/t26?,28-,29?,30-,32?,35+/m0/s1. The van der Waals surface area contributed by atoms with Crippen LogP contribution in [0.4, 0.5) is 0 Å². The molecule has 0 aromatic carbocycles. The molecule has 1 aromatic heterocycles. The summed E-state index contributed by atoms with van der Waals surface area (Å²) in [6, 6.07) is -4.08. The number of carbonyl (C=O) groups excluding carboxylic acids is 7. The molecule has 0 bridgehead atoms. The van der Waals surface area contributed by atoms with Crippen LogP contribution in [-0.2, 0) is 24.0 Å². The molecule has 1 saturated heterocycles. The lowest BCUT2D eigenvalue weighted by Crippen LogP contribution is -2.63. The first kappa shape index (κ1) is 41.1. The molecule has 5 amide bonds. The van der Waals surface area contributed by atoms with Crippen LogP contribution in [0.1, 0.15) is 157 Å². The van der Waals surface area contributed by atoms with Gasteiger partial charge in [0, 0.05) is 17.8 Å². The Morgan fingerprint density at radius 3 is 2.11 bits per heavy atom. The van der Waals surface area contributed by atoms with Crippen molar-refractivity contribution < 1.29 is 33.6 Å². The van der Waals surface area contributed by atoms with Crippen molar-refractivity contribution in [2.45, 2.75) is 175 Å². The van der Waals surface area contributed by atoms with Crippen LogP contribution in [0.15, 0.2) is 0 Å². The van der Waals surface area contributed by atoms with Gasteiger partial charge in [-0.25, -0.2) is 0 Å². The van der Waals surface area contributed by atoms with Crippen molar-refractivity contribution in [3.8, 4) is 0 Å². The molecular weight excluding hydrogens is 688 g/mol. The van der Waals surface area contributed by atoms with Crippen LogP contribution < -0.4 is 21.3 Å². The van der Waals surface area contributed by atoms with Gasteiger partial charge in [-0.3, -0.25) is 33.6 Å². The van der Waals surface area contributed by atoms with Crippen molar-refractivity contribution >= 4 is 41.1 Å². The molecule has 298 valence electrons. The normalized spacial score (nSPS) is 23.4. The van der Waals surface area contributed by atoms with E-state index in [2.05, 4.69) is 26.3 Å². The molecule has 13 nitrogen and oxygen atoms in total. The Balaban J connectivity index is 1.41. The third kappa shape index (κ3) is 9.25. The van der Waals surface area contributed by atoms with Crippen LogP contribution in [0.25, 0.3) is 0 Å². The van der Waals surface area contributed by atoms with Crippen LogP contribution >= 0.6 is 0 Å². The molecule has 6 atom stereocenters. The Labute approximate surface area is 319 Å². The number of aromatic amines is 1. The minimum absolute atomic E-state index is 0.000881. The number of nitrogens with one attached hydrogen (secondary N) is 5. The highest BCUT2D eigenvalue weighted by molar-refractivity contribution is 6.38. The molecule has 5 rings (SSSR count). The third-order valence-electron chi connectivity index (χ3n) is 12.2. The fourth-order valence-corrected chi connectivity index (χ4v) is 8.92. The van der Waals surface area contributed by atoms with E-state index in [-0.39, 0.29) is 41.3 Å². The van der Waals surface area contributed by atoms with Gasteiger partial charge in [-0.2, -0.15) is 0 Å². The van der Waals surface area contributed by atoms with Gasteiger partial charge in [-0.15, -0.1) is 0 Å². The van der Waals surface area contributed by atoms with E-state index in [9.17, 15) is 33.6 Å². The molecule has 4 fully saturated rings. The number of hydrogen-bond acceptors (Lipinski definition) is 7. The van der Waals surface area contributed by atoms with Crippen LogP contribution in [0.5, 0.6) is 0 Å². The molecule has 0 spiro atoms. The number of H-pyrrole nitrogens is 1. The van der Waals surface area contributed by atoms with Gasteiger partial charge in [0.1, 0.15) is 23.8 Å². The molecule has 54 heavy (non-hydrogen) atoms. The number of aromatic nitrogens is 1. The Morgan fingerprint density at radius 1 is 0.852 bits per heavy atom. The van der Waals surface area contributed by atoms with Gasteiger partial charge in [0.25, 0.3) is 11.8 Å². The van der Waals surface area contributed by atoms with Gasteiger partial charge in [-0.05, 0) is 95.0 Å². The maximum absolute atomic E-state index is 15.0. The van der Waals surface area contributed by atoms with Crippen molar-refractivity contribution in [1.29, 1.82) is 0 Å². The van der Waals surface area contributed by atoms with Gasteiger partial charge >= 0.3 is 0 Å². The number of hydrogen-bond donors (Lipinski definition) is 5. The molecule has 1 aliphatic heterocycles. The van der Waals surface area contributed by atoms with Crippen LogP contribution in [0, 0.1) is 31.1 Å². The largest absolute Gasteiger partial charge is 0.354 e. The summed E-state index contributed by atoms with van der Waals surface area (Å²) in [4.78, 5) is 101. The average molecular weight is 751 g/mol. The zero-order valence-corrected chi connectivity index (χ0v) is 33.3. The van der Waals surface area contributed by atoms with Crippen molar-refractivity contribution in [2.24, 2.45) is 17.3 Å². The number of carbonyl (C=O) groups is 7. The summed E-state index contributed by atoms with van der Waals surface area (Å²) in [5.41, 5.74) is 1.01. The number of rotatable bonds is 14. The number of fused-ring (bicyclic) bond motifs is 1. The summed E-state index contributed by atoms with van der Waals surface area (Å²) in [6.07, 6.45) is 10.7. The van der Waals surface area contributed by atoms with E-state index in [0.717, 1.165) is 70.6 Å². The van der Waals surface area contributed by atoms with E-state index in [1.54, 1.807) is 18.7 Å². The predicted molar refractivity (Wildman–Crippen MR) is 203 cm³/mol. The Bertz CT molecular complexity index is 1620. The topological polar surface area (TPSA) is 187 Å². The fourth-order valence-electron chi connectivity index (χ4n) is 8.92. The Kier molecular flexibility index (Phi) is 13.1. The van der Waals surface area contributed by atoms with Gasteiger partial charge < -0.3 is 31.2 Å². The van der Waals surface area contributed by atoms with Crippen molar-refractivity contribution in [2.75, 3.05) is 0 Å². The first-order valence-electron chi connectivity index (χ1n) is 20.3. The van der Waals surface area contributed by atoms with Crippen LogP contribution in [0.2, 0.25) is 0 Å². The number of aryl methyl sites for hydroxylation is 1. The smallest absolute Gasteiger partial charge is 0.289 e. The minimum Gasteiger partial charge on any atom is -0.354 e. The highest BCUT2D eigenvalue weighted by atomic mass is 16.2. The van der Waals surface area contributed by atoms with E-state index in [1.807, 2.05) is 27.7 Å². The molecule has 5 N–H and O–H groups in total. The molecule has 3 unspecified atom stereocenters. The van der Waals surface area contributed by atoms with Crippen LogP contribution in [-0.4, -0.2) is 87.2 Å². The number of likely N-dealkylation sites (tertiary alicyclic amines) is 1. The SMILES string of the molecule is CCC[C@H](NC(=O)[C@@H]1CC2CCCCC2N1C(=O)[C@@H](NC(=O)C(NC(=O)c1[nH]c(C)c(C)c1C(C)=O)C1CCCCC1)C(C)(C)C)C(=O)C(=O)NC1CC1. The molecular formula is C41H62N6O7. The molecule has 2 heterocycles. The number of amides is 5. The molecule has 4 aliphatic rings. The summed E-state index contributed by atoms with van der Waals surface area (Å²) in [5.74, 6) is -3.59. The zero-order chi connectivity index (χ0) is 39.5. The van der Waals surface area contributed by atoms with E-state index < -0.39 is 59.0 Å². The lowest BCUT2D eigenvalue weighted by molar-refractivity contribution is -0.147. The van der Waals surface area contributed by atoms with E-state index in [4.69, 9.17) is 0 Å². The lowest BCUT2D eigenvalue weighted by atomic mass is 9.81. The summed E-state index contributed by atoms with van der Waals surface area (Å²) in [5, 5.41) is 11.6. The average Bonchev–Trinajstić information content (AvgIpc) is 3.77. The van der Waals surface area contributed by atoms with Crippen molar-refractivity contribution in [1.82, 2.24) is 31.2 Å². The highest BCUT2D eigenvalue weighted by Crippen LogP contribution is 2.41. The Hall–Kier alpha value is -4.03. The van der Waals surface area contributed by atoms with Gasteiger partial charge in [0.2, 0.25) is 23.5 Å². The first-order valence-corrected chi connectivity index (χ1v) is 20.3. The molecule has 0 radical (unpaired) electrons. The van der Waals surface area contributed by atoms with Gasteiger partial charge in [-0.1, -0.05) is 66.2 Å². The maximum atomic E-state index is 15.0. The number of ketones is 2. The van der Waals surface area contributed by atoms with Crippen LogP contribution in [0.3, 0.4) is 0 Å².